The van der Waals surface area contributed by atoms with Gasteiger partial charge < -0.3 is 4.74 Å². The van der Waals surface area contributed by atoms with Crippen LogP contribution >= 0.6 is 0 Å². The number of hydrogen-bond donors (Lipinski definition) is 0. The van der Waals surface area contributed by atoms with Gasteiger partial charge in [-0.15, -0.1) is 0 Å². The lowest BCUT2D eigenvalue weighted by atomic mass is 10.5. The summed E-state index contributed by atoms with van der Waals surface area (Å²) in [5, 5.41) is 0. The van der Waals surface area contributed by atoms with Crippen molar-refractivity contribution in [3.63, 3.8) is 0 Å². The molecular formula is C6H8F2O2. The molecule has 2 nitrogen and oxygen atoms in total. The first-order valence-corrected chi connectivity index (χ1v) is 2.74. The number of alkyl halides is 2. The second kappa shape index (κ2) is 4.90. The molecule has 0 fully saturated rings. The average Bonchev–Trinajstić information content (AvgIpc) is 1.85. The molecule has 0 rings (SSSR count). The molecule has 0 saturated heterocycles. The van der Waals surface area contributed by atoms with Crippen molar-refractivity contribution in [2.24, 2.45) is 0 Å². The van der Waals surface area contributed by atoms with Crippen LogP contribution in [0.3, 0.4) is 0 Å². The maximum absolute atomic E-state index is 11.3. The van der Waals surface area contributed by atoms with Gasteiger partial charge in [0.25, 0.3) is 6.43 Å². The predicted molar refractivity (Wildman–Crippen MR) is 31.8 cm³/mol. The average molecular weight is 150 g/mol. The van der Waals surface area contributed by atoms with Gasteiger partial charge in [-0.3, -0.25) is 0 Å². The first kappa shape index (κ1) is 9.07. The topological polar surface area (TPSA) is 26.3 Å². The van der Waals surface area contributed by atoms with Crippen molar-refractivity contribution in [3.8, 4) is 0 Å². The first-order valence-electron chi connectivity index (χ1n) is 2.74. The van der Waals surface area contributed by atoms with Gasteiger partial charge in [-0.25, -0.2) is 13.6 Å². The molecular weight excluding hydrogens is 142 g/mol. The van der Waals surface area contributed by atoms with Crippen LogP contribution < -0.4 is 0 Å². The van der Waals surface area contributed by atoms with Crippen molar-refractivity contribution in [1.82, 2.24) is 0 Å². The Hall–Kier alpha value is -0.930. The van der Waals surface area contributed by atoms with Gasteiger partial charge in [-0.05, 0) is 6.92 Å². The molecule has 0 unspecified atom stereocenters. The normalized spacial score (nSPS) is 10.8. The Balaban J connectivity index is 3.40. The van der Waals surface area contributed by atoms with Gasteiger partial charge in [-0.2, -0.15) is 0 Å². The number of halogens is 2. The van der Waals surface area contributed by atoms with Crippen molar-refractivity contribution >= 4 is 5.97 Å². The summed E-state index contributed by atoms with van der Waals surface area (Å²) in [6.45, 7) is 0.771. The third-order valence-corrected chi connectivity index (χ3v) is 0.654. The highest BCUT2D eigenvalue weighted by Gasteiger charge is 2.04. The van der Waals surface area contributed by atoms with Crippen LogP contribution in [0, 0.1) is 0 Å². The largest absolute Gasteiger partial charge is 0.456 e. The minimum atomic E-state index is -2.59. The fourth-order valence-corrected chi connectivity index (χ4v) is 0.329. The zero-order valence-electron chi connectivity index (χ0n) is 5.51. The summed E-state index contributed by atoms with van der Waals surface area (Å²) < 4.78 is 26.7. The van der Waals surface area contributed by atoms with E-state index in [9.17, 15) is 13.6 Å². The molecule has 0 heterocycles. The Morgan fingerprint density at radius 3 is 2.70 bits per heavy atom. The Morgan fingerprint density at radius 2 is 2.30 bits per heavy atom. The lowest BCUT2D eigenvalue weighted by Crippen LogP contribution is -2.08. The van der Waals surface area contributed by atoms with E-state index < -0.39 is 19.0 Å². The smallest absolute Gasteiger partial charge is 0.330 e. The van der Waals surface area contributed by atoms with E-state index in [1.165, 1.54) is 6.08 Å². The van der Waals surface area contributed by atoms with Gasteiger partial charge in [-0.1, -0.05) is 6.08 Å². The van der Waals surface area contributed by atoms with Crippen LogP contribution in [0.1, 0.15) is 6.92 Å². The third-order valence-electron chi connectivity index (χ3n) is 0.654. The van der Waals surface area contributed by atoms with Gasteiger partial charge in [0.15, 0.2) is 6.61 Å². The van der Waals surface area contributed by atoms with Crippen LogP contribution in [0.5, 0.6) is 0 Å². The Kier molecular flexibility index (Phi) is 4.45. The number of allylic oxidation sites excluding steroid dienone is 1. The monoisotopic (exact) mass is 150 g/mol. The summed E-state index contributed by atoms with van der Waals surface area (Å²) in [6, 6.07) is 0. The minimum absolute atomic E-state index is 0.734. The summed E-state index contributed by atoms with van der Waals surface area (Å²) in [6.07, 6.45) is -0.0786. The fraction of sp³-hybridized carbons (Fsp3) is 0.500. The number of esters is 1. The molecule has 10 heavy (non-hydrogen) atoms. The predicted octanol–water partition coefficient (Wildman–Crippen LogP) is 1.37. The van der Waals surface area contributed by atoms with E-state index in [0.717, 1.165) is 6.08 Å². The summed E-state index contributed by atoms with van der Waals surface area (Å²) in [7, 11) is 0. The second-order valence-corrected chi connectivity index (χ2v) is 1.52. The standard InChI is InChI=1S/C6H8F2O2/c1-2-3-6(9)10-4-5(7)8/h2-3,5H,4H2,1H3. The number of ether oxygens (including phenoxy) is 1. The molecule has 0 saturated carbocycles. The second-order valence-electron chi connectivity index (χ2n) is 1.52. The van der Waals surface area contributed by atoms with Crippen molar-refractivity contribution in [2.45, 2.75) is 13.3 Å². The van der Waals surface area contributed by atoms with Gasteiger partial charge >= 0.3 is 5.97 Å². The molecule has 58 valence electrons. The summed E-state index contributed by atoms with van der Waals surface area (Å²) in [5.41, 5.74) is 0. The molecule has 4 heteroatoms. The first-order chi connectivity index (χ1) is 4.66. The van der Waals surface area contributed by atoms with Crippen molar-refractivity contribution in [1.29, 1.82) is 0 Å². The van der Waals surface area contributed by atoms with Gasteiger partial charge in [0.1, 0.15) is 0 Å². The minimum Gasteiger partial charge on any atom is -0.456 e. The third kappa shape index (κ3) is 5.21. The quantitative estimate of drug-likeness (QED) is 0.448. The molecule has 0 aliphatic carbocycles. The number of carbonyl (C=O) groups excluding carboxylic acids is 1. The maximum Gasteiger partial charge on any atom is 0.330 e. The van der Waals surface area contributed by atoms with Crippen LogP contribution in [-0.4, -0.2) is 19.0 Å². The molecule has 0 aliphatic rings. The molecule has 0 aromatic rings. The van der Waals surface area contributed by atoms with Crippen LogP contribution in [0.25, 0.3) is 0 Å². The van der Waals surface area contributed by atoms with Crippen molar-refractivity contribution < 1.29 is 18.3 Å². The van der Waals surface area contributed by atoms with E-state index in [-0.39, 0.29) is 0 Å². The highest BCUT2D eigenvalue weighted by molar-refractivity contribution is 5.81. The SMILES string of the molecule is CC=CC(=O)OCC(F)F. The molecule has 0 amide bonds. The maximum atomic E-state index is 11.3. The molecule has 0 aliphatic heterocycles. The fourth-order valence-electron chi connectivity index (χ4n) is 0.329. The molecule has 0 aromatic carbocycles. The molecule has 0 radical (unpaired) electrons. The van der Waals surface area contributed by atoms with Crippen molar-refractivity contribution in [3.05, 3.63) is 12.2 Å². The molecule has 0 spiro atoms. The van der Waals surface area contributed by atoms with E-state index in [0.29, 0.717) is 0 Å². The summed E-state index contributed by atoms with van der Waals surface area (Å²) in [4.78, 5) is 10.3. The van der Waals surface area contributed by atoms with Crippen LogP contribution in [0.15, 0.2) is 12.2 Å². The van der Waals surface area contributed by atoms with E-state index in [1.54, 1.807) is 6.92 Å². The van der Waals surface area contributed by atoms with E-state index >= 15 is 0 Å². The highest BCUT2D eigenvalue weighted by atomic mass is 19.3. The molecule has 0 atom stereocenters. The van der Waals surface area contributed by atoms with Crippen LogP contribution in [-0.2, 0) is 9.53 Å². The molecule has 0 N–H and O–H groups in total. The number of rotatable bonds is 3. The van der Waals surface area contributed by atoms with Gasteiger partial charge in [0.2, 0.25) is 0 Å². The van der Waals surface area contributed by atoms with Crippen molar-refractivity contribution in [2.75, 3.05) is 6.61 Å². The van der Waals surface area contributed by atoms with Gasteiger partial charge in [0, 0.05) is 6.08 Å². The number of carbonyl (C=O) groups is 1. The zero-order chi connectivity index (χ0) is 7.98. The highest BCUT2D eigenvalue weighted by Crippen LogP contribution is 1.92. The molecule has 0 bridgehead atoms. The Bertz CT molecular complexity index is 132. The Morgan fingerprint density at radius 1 is 1.70 bits per heavy atom. The van der Waals surface area contributed by atoms with E-state index in [4.69, 9.17) is 0 Å². The van der Waals surface area contributed by atoms with E-state index in [1.807, 2.05) is 0 Å². The Labute approximate surface area is 57.5 Å². The molecule has 0 aromatic heterocycles. The summed E-state index contributed by atoms with van der Waals surface area (Å²) >= 11 is 0. The summed E-state index contributed by atoms with van der Waals surface area (Å²) in [5.74, 6) is -0.734. The number of hydrogen-bond acceptors (Lipinski definition) is 2. The van der Waals surface area contributed by atoms with Crippen LogP contribution in [0.4, 0.5) is 8.78 Å². The zero-order valence-corrected chi connectivity index (χ0v) is 5.51. The lowest BCUT2D eigenvalue weighted by molar-refractivity contribution is -0.141. The van der Waals surface area contributed by atoms with Crippen LogP contribution in [0.2, 0.25) is 0 Å². The van der Waals surface area contributed by atoms with Gasteiger partial charge in [0.05, 0.1) is 0 Å². The van der Waals surface area contributed by atoms with E-state index in [2.05, 4.69) is 4.74 Å². The lowest BCUT2D eigenvalue weighted by Gasteiger charge is -1.98.